The highest BCUT2D eigenvalue weighted by Gasteiger charge is 2.23. The quantitative estimate of drug-likeness (QED) is 0.563. The van der Waals surface area contributed by atoms with E-state index in [1.54, 1.807) is 19.5 Å². The first-order valence-electron chi connectivity index (χ1n) is 10.1. The first-order chi connectivity index (χ1) is 14.7. The normalized spacial score (nSPS) is 16.5. The molecule has 1 saturated heterocycles. The van der Waals surface area contributed by atoms with Crippen molar-refractivity contribution in [2.24, 2.45) is 5.92 Å². The van der Waals surface area contributed by atoms with Crippen LogP contribution in [0.3, 0.4) is 0 Å². The fourth-order valence-corrected chi connectivity index (χ4v) is 4.56. The molecule has 30 heavy (non-hydrogen) atoms. The van der Waals surface area contributed by atoms with Crippen molar-refractivity contribution in [3.05, 3.63) is 48.8 Å². The molecule has 1 unspecified atom stereocenters. The van der Waals surface area contributed by atoms with Crippen LogP contribution in [0.15, 0.2) is 53.9 Å². The van der Waals surface area contributed by atoms with Gasteiger partial charge in [0.1, 0.15) is 5.75 Å². The summed E-state index contributed by atoms with van der Waals surface area (Å²) < 4.78 is 7.51. The number of para-hydroxylation sites is 2. The molecule has 0 aliphatic carbocycles. The summed E-state index contributed by atoms with van der Waals surface area (Å²) in [5.74, 6) is 2.40. The van der Waals surface area contributed by atoms with Crippen LogP contribution in [-0.4, -0.2) is 56.5 Å². The van der Waals surface area contributed by atoms with Crippen molar-refractivity contribution in [1.82, 2.24) is 24.6 Å². The molecule has 1 aliphatic rings. The maximum atomic E-state index is 12.8. The number of benzene rings is 1. The summed E-state index contributed by atoms with van der Waals surface area (Å²) in [6.07, 6.45) is 5.74. The van der Waals surface area contributed by atoms with E-state index in [1.807, 2.05) is 45.9 Å². The van der Waals surface area contributed by atoms with E-state index in [1.165, 1.54) is 18.2 Å². The van der Waals surface area contributed by atoms with E-state index in [-0.39, 0.29) is 5.91 Å². The average molecular weight is 424 g/mol. The largest absolute Gasteiger partial charge is 0.495 e. The SMILES string of the molecule is COc1ccccc1-n1c(SCC(=O)N2CCCC(C)C2)nnc1-c1cccnc1. The zero-order chi connectivity index (χ0) is 20.9. The molecule has 7 nitrogen and oxygen atoms in total. The smallest absolute Gasteiger partial charge is 0.233 e. The van der Waals surface area contributed by atoms with Crippen LogP contribution >= 0.6 is 11.8 Å². The zero-order valence-corrected chi connectivity index (χ0v) is 18.0. The number of aromatic nitrogens is 4. The van der Waals surface area contributed by atoms with Crippen molar-refractivity contribution in [3.8, 4) is 22.8 Å². The second kappa shape index (κ2) is 9.30. The number of methoxy groups -OCH3 is 1. The van der Waals surface area contributed by atoms with Crippen molar-refractivity contribution >= 4 is 17.7 Å². The summed E-state index contributed by atoms with van der Waals surface area (Å²) in [4.78, 5) is 19.0. The summed E-state index contributed by atoms with van der Waals surface area (Å²) in [7, 11) is 1.64. The molecule has 1 amide bonds. The summed E-state index contributed by atoms with van der Waals surface area (Å²) in [5.41, 5.74) is 1.67. The predicted molar refractivity (Wildman–Crippen MR) is 117 cm³/mol. The van der Waals surface area contributed by atoms with Crippen molar-refractivity contribution in [1.29, 1.82) is 0 Å². The maximum absolute atomic E-state index is 12.8. The lowest BCUT2D eigenvalue weighted by Gasteiger charge is -2.30. The van der Waals surface area contributed by atoms with E-state index < -0.39 is 0 Å². The molecule has 3 heterocycles. The second-order valence-electron chi connectivity index (χ2n) is 7.43. The van der Waals surface area contributed by atoms with Crippen LogP contribution in [0.2, 0.25) is 0 Å². The van der Waals surface area contributed by atoms with Gasteiger partial charge in [0.15, 0.2) is 11.0 Å². The number of hydrogen-bond acceptors (Lipinski definition) is 6. The summed E-state index contributed by atoms with van der Waals surface area (Å²) in [6, 6.07) is 11.5. The molecule has 3 aromatic rings. The van der Waals surface area contributed by atoms with E-state index in [0.717, 1.165) is 30.8 Å². The number of carbonyl (C=O) groups is 1. The van der Waals surface area contributed by atoms with Crippen molar-refractivity contribution in [3.63, 3.8) is 0 Å². The minimum absolute atomic E-state index is 0.143. The van der Waals surface area contributed by atoms with Gasteiger partial charge < -0.3 is 9.64 Å². The molecule has 1 fully saturated rings. The van der Waals surface area contributed by atoms with Crippen LogP contribution in [0.1, 0.15) is 19.8 Å². The van der Waals surface area contributed by atoms with Crippen LogP contribution in [0.25, 0.3) is 17.1 Å². The molecule has 1 atom stereocenters. The minimum Gasteiger partial charge on any atom is -0.495 e. The van der Waals surface area contributed by atoms with Crippen molar-refractivity contribution in [2.75, 3.05) is 26.0 Å². The summed E-state index contributed by atoms with van der Waals surface area (Å²) in [6.45, 7) is 3.87. The Labute approximate surface area is 180 Å². The minimum atomic E-state index is 0.143. The van der Waals surface area contributed by atoms with E-state index in [2.05, 4.69) is 22.1 Å². The molecule has 2 aromatic heterocycles. The van der Waals surface area contributed by atoms with Crippen LogP contribution in [-0.2, 0) is 4.79 Å². The van der Waals surface area contributed by atoms with E-state index >= 15 is 0 Å². The second-order valence-corrected chi connectivity index (χ2v) is 8.37. The zero-order valence-electron chi connectivity index (χ0n) is 17.2. The maximum Gasteiger partial charge on any atom is 0.233 e. The number of carbonyl (C=O) groups excluding carboxylic acids is 1. The Morgan fingerprint density at radius 2 is 2.10 bits per heavy atom. The topological polar surface area (TPSA) is 73.1 Å². The van der Waals surface area contributed by atoms with Crippen molar-refractivity contribution in [2.45, 2.75) is 24.9 Å². The number of ether oxygens (including phenoxy) is 1. The van der Waals surface area contributed by atoms with Crippen LogP contribution in [0.4, 0.5) is 0 Å². The third kappa shape index (κ3) is 4.33. The van der Waals surface area contributed by atoms with E-state index in [4.69, 9.17) is 4.74 Å². The van der Waals surface area contributed by atoms with Crippen LogP contribution in [0, 0.1) is 5.92 Å². The summed E-state index contributed by atoms with van der Waals surface area (Å²) >= 11 is 1.40. The number of pyridine rings is 1. The van der Waals surface area contributed by atoms with Gasteiger partial charge in [0, 0.05) is 31.0 Å². The molecule has 8 heteroatoms. The van der Waals surface area contributed by atoms with Gasteiger partial charge in [-0.2, -0.15) is 0 Å². The number of nitrogens with zero attached hydrogens (tertiary/aromatic N) is 5. The first-order valence-corrected chi connectivity index (χ1v) is 11.1. The van der Waals surface area contributed by atoms with E-state index in [0.29, 0.717) is 28.4 Å². The lowest BCUT2D eigenvalue weighted by Crippen LogP contribution is -2.40. The molecule has 0 N–H and O–H groups in total. The van der Waals surface area contributed by atoms with Crippen LogP contribution < -0.4 is 4.74 Å². The molecule has 156 valence electrons. The Kier molecular flexibility index (Phi) is 6.32. The Balaban J connectivity index is 1.65. The monoisotopic (exact) mass is 423 g/mol. The Hall–Kier alpha value is -2.87. The van der Waals surface area contributed by atoms with Gasteiger partial charge in [0.05, 0.1) is 18.6 Å². The Bertz CT molecular complexity index is 1010. The first kappa shape index (κ1) is 20.4. The fourth-order valence-electron chi connectivity index (χ4n) is 3.71. The number of thioether (sulfide) groups is 1. The number of amides is 1. The van der Waals surface area contributed by atoms with Gasteiger partial charge in [-0.15, -0.1) is 10.2 Å². The van der Waals surface area contributed by atoms with Gasteiger partial charge in [-0.25, -0.2) is 0 Å². The molecular formula is C22H25N5O2S. The van der Waals surface area contributed by atoms with Gasteiger partial charge in [-0.3, -0.25) is 14.3 Å². The highest BCUT2D eigenvalue weighted by molar-refractivity contribution is 7.99. The molecule has 0 radical (unpaired) electrons. The highest BCUT2D eigenvalue weighted by atomic mass is 32.2. The number of likely N-dealkylation sites (tertiary alicyclic amines) is 1. The van der Waals surface area contributed by atoms with Crippen molar-refractivity contribution < 1.29 is 9.53 Å². The van der Waals surface area contributed by atoms with Gasteiger partial charge in [-0.05, 0) is 43.0 Å². The molecule has 0 bridgehead atoms. The third-order valence-corrected chi connectivity index (χ3v) is 6.13. The molecule has 0 saturated carbocycles. The van der Waals surface area contributed by atoms with Gasteiger partial charge in [-0.1, -0.05) is 30.8 Å². The molecular weight excluding hydrogens is 398 g/mol. The van der Waals surface area contributed by atoms with Crippen LogP contribution in [0.5, 0.6) is 5.75 Å². The number of rotatable bonds is 6. The molecule has 0 spiro atoms. The van der Waals surface area contributed by atoms with E-state index in [9.17, 15) is 4.79 Å². The number of piperidine rings is 1. The van der Waals surface area contributed by atoms with Gasteiger partial charge in [0.25, 0.3) is 0 Å². The standard InChI is InChI=1S/C22H25N5O2S/c1-16-7-6-12-26(14-16)20(28)15-30-22-25-24-21(17-8-5-11-23-13-17)27(22)18-9-3-4-10-19(18)29-2/h3-5,8-11,13,16H,6-7,12,14-15H2,1-2H3. The molecule has 4 rings (SSSR count). The highest BCUT2D eigenvalue weighted by Crippen LogP contribution is 2.32. The lowest BCUT2D eigenvalue weighted by atomic mass is 10.0. The average Bonchev–Trinajstić information content (AvgIpc) is 3.21. The molecule has 1 aliphatic heterocycles. The Morgan fingerprint density at radius 3 is 2.87 bits per heavy atom. The third-order valence-electron chi connectivity index (χ3n) is 5.21. The van der Waals surface area contributed by atoms with Gasteiger partial charge >= 0.3 is 0 Å². The lowest BCUT2D eigenvalue weighted by molar-refractivity contribution is -0.130. The van der Waals surface area contributed by atoms with Gasteiger partial charge in [0.2, 0.25) is 5.91 Å². The summed E-state index contributed by atoms with van der Waals surface area (Å²) in [5, 5.41) is 9.46. The number of hydrogen-bond donors (Lipinski definition) is 0. The Morgan fingerprint density at radius 1 is 1.23 bits per heavy atom. The predicted octanol–water partition coefficient (Wildman–Crippen LogP) is 3.69. The molecule has 1 aromatic carbocycles. The fraction of sp³-hybridized carbons (Fsp3) is 0.364.